The van der Waals surface area contributed by atoms with Crippen molar-refractivity contribution in [2.75, 3.05) is 24.2 Å². The number of urea groups is 1. The fourth-order valence-electron chi connectivity index (χ4n) is 4.68. The Morgan fingerprint density at radius 1 is 1.15 bits per heavy atom. The van der Waals surface area contributed by atoms with Crippen molar-refractivity contribution in [1.29, 1.82) is 0 Å². The van der Waals surface area contributed by atoms with Gasteiger partial charge in [-0.15, -0.1) is 12.4 Å². The van der Waals surface area contributed by atoms with Gasteiger partial charge in [0, 0.05) is 42.5 Å². The van der Waals surface area contributed by atoms with Crippen LogP contribution >= 0.6 is 12.4 Å². The molecule has 2 amide bonds. The van der Waals surface area contributed by atoms with E-state index < -0.39 is 5.82 Å². The van der Waals surface area contributed by atoms with Crippen molar-refractivity contribution < 1.29 is 9.18 Å². The van der Waals surface area contributed by atoms with Gasteiger partial charge in [0.1, 0.15) is 11.6 Å². The van der Waals surface area contributed by atoms with Gasteiger partial charge in [0.15, 0.2) is 0 Å². The summed E-state index contributed by atoms with van der Waals surface area (Å²) in [7, 11) is 1.81. The number of benzene rings is 1. The van der Waals surface area contributed by atoms with Gasteiger partial charge < -0.3 is 16.0 Å². The van der Waals surface area contributed by atoms with E-state index in [9.17, 15) is 9.18 Å². The fourth-order valence-corrected chi connectivity index (χ4v) is 4.68. The molecule has 6 nitrogen and oxygen atoms in total. The van der Waals surface area contributed by atoms with E-state index in [0.717, 1.165) is 51.9 Å². The zero-order valence-electron chi connectivity index (χ0n) is 19.7. The summed E-state index contributed by atoms with van der Waals surface area (Å²) in [6.45, 7) is 8.84. The second-order valence-corrected chi connectivity index (χ2v) is 9.55. The first-order chi connectivity index (χ1) is 15.1. The van der Waals surface area contributed by atoms with E-state index in [0.29, 0.717) is 17.9 Å². The zero-order valence-corrected chi connectivity index (χ0v) is 20.5. The lowest BCUT2D eigenvalue weighted by atomic mass is 9.64. The average molecular weight is 472 g/mol. The molecule has 0 spiro atoms. The highest BCUT2D eigenvalue weighted by Gasteiger charge is 2.35. The number of pyridine rings is 2. The highest BCUT2D eigenvalue weighted by Crippen LogP contribution is 2.44. The third-order valence-corrected chi connectivity index (χ3v) is 6.23. The molecule has 1 fully saturated rings. The topological polar surface area (TPSA) is 78.9 Å². The van der Waals surface area contributed by atoms with Gasteiger partial charge in [0.2, 0.25) is 0 Å². The minimum absolute atomic E-state index is 0. The van der Waals surface area contributed by atoms with Crippen LogP contribution < -0.4 is 16.0 Å². The number of carbonyl (C=O) groups excluding carboxylic acids is 1. The highest BCUT2D eigenvalue weighted by molar-refractivity contribution is 5.92. The van der Waals surface area contributed by atoms with Crippen molar-refractivity contribution >= 4 is 40.8 Å². The van der Waals surface area contributed by atoms with Crippen LogP contribution in [0.1, 0.15) is 37.9 Å². The van der Waals surface area contributed by atoms with Crippen LogP contribution in [0.5, 0.6) is 0 Å². The first kappa shape index (κ1) is 24.7. The summed E-state index contributed by atoms with van der Waals surface area (Å²) in [4.78, 5) is 21.5. The van der Waals surface area contributed by atoms with Crippen molar-refractivity contribution in [3.63, 3.8) is 0 Å². The second kappa shape index (κ2) is 9.51. The summed E-state index contributed by atoms with van der Waals surface area (Å²) in [5.41, 5.74) is 4.65. The lowest BCUT2D eigenvalue weighted by Crippen LogP contribution is -2.41. The monoisotopic (exact) mass is 471 g/mol. The van der Waals surface area contributed by atoms with E-state index in [1.807, 2.05) is 33.0 Å². The maximum absolute atomic E-state index is 14.6. The van der Waals surface area contributed by atoms with Gasteiger partial charge in [-0.25, -0.2) is 14.2 Å². The SMILES string of the molecule is CNc1cc2nc(C)c(-c3cc(NC(=O)NCC4CC(C)(C)C4)c(F)cc3C)cc2cn1.Cl. The number of aromatic nitrogens is 2. The Morgan fingerprint density at radius 3 is 2.55 bits per heavy atom. The molecule has 1 saturated carbocycles. The minimum atomic E-state index is -0.460. The number of carbonyl (C=O) groups is 1. The molecule has 8 heteroatoms. The van der Waals surface area contributed by atoms with Crippen molar-refractivity contribution in [1.82, 2.24) is 15.3 Å². The van der Waals surface area contributed by atoms with Crippen LogP contribution in [0.15, 0.2) is 30.5 Å². The van der Waals surface area contributed by atoms with Gasteiger partial charge in [-0.2, -0.15) is 0 Å². The van der Waals surface area contributed by atoms with Crippen LogP contribution in [0.2, 0.25) is 0 Å². The predicted molar refractivity (Wildman–Crippen MR) is 135 cm³/mol. The van der Waals surface area contributed by atoms with Crippen LogP contribution in [0.4, 0.5) is 20.7 Å². The molecule has 3 aromatic rings. The average Bonchev–Trinajstić information content (AvgIpc) is 2.72. The van der Waals surface area contributed by atoms with Gasteiger partial charge in [0.25, 0.3) is 0 Å². The van der Waals surface area contributed by atoms with E-state index in [2.05, 4.69) is 34.8 Å². The molecule has 4 rings (SSSR count). The van der Waals surface area contributed by atoms with Crippen LogP contribution in [-0.2, 0) is 0 Å². The maximum Gasteiger partial charge on any atom is 0.319 e. The molecule has 1 aliphatic carbocycles. The molecule has 1 aromatic carbocycles. The number of aryl methyl sites for hydroxylation is 2. The molecule has 1 aliphatic rings. The number of hydrogen-bond donors (Lipinski definition) is 3. The molecule has 0 radical (unpaired) electrons. The number of hydrogen-bond acceptors (Lipinski definition) is 4. The third kappa shape index (κ3) is 5.36. The lowest BCUT2D eigenvalue weighted by Gasteiger charge is -2.42. The molecular formula is C25H31ClFN5O. The van der Waals surface area contributed by atoms with Gasteiger partial charge in [-0.1, -0.05) is 13.8 Å². The summed E-state index contributed by atoms with van der Waals surface area (Å²) >= 11 is 0. The molecule has 176 valence electrons. The molecule has 0 bridgehead atoms. The summed E-state index contributed by atoms with van der Waals surface area (Å²) in [6, 6.07) is 6.64. The molecule has 0 atom stereocenters. The van der Waals surface area contributed by atoms with Crippen LogP contribution in [0, 0.1) is 31.0 Å². The van der Waals surface area contributed by atoms with Gasteiger partial charge in [0.05, 0.1) is 11.2 Å². The molecule has 3 N–H and O–H groups in total. The molecule has 2 heterocycles. The quantitative estimate of drug-likeness (QED) is 0.421. The van der Waals surface area contributed by atoms with Gasteiger partial charge >= 0.3 is 6.03 Å². The number of rotatable bonds is 5. The number of anilines is 2. The van der Waals surface area contributed by atoms with E-state index in [4.69, 9.17) is 4.98 Å². The van der Waals surface area contributed by atoms with Crippen LogP contribution in [0.25, 0.3) is 22.0 Å². The van der Waals surface area contributed by atoms with Crippen molar-refractivity contribution in [2.45, 2.75) is 40.5 Å². The standard InChI is InChI=1S/C25H30FN5O.ClH/c1-14-6-20(26)22(31-24(32)29-12-16-10-25(3,4)11-16)8-18(14)19-7-17-13-28-23(27-5)9-21(17)30-15(19)2;/h6-9,13,16H,10-12H2,1-5H3,(H,27,28)(H2,29,31,32);1H. The highest BCUT2D eigenvalue weighted by atomic mass is 35.5. The number of nitrogens with zero attached hydrogens (tertiary/aromatic N) is 2. The number of halogens is 2. The Kier molecular flexibility index (Phi) is 7.12. The van der Waals surface area contributed by atoms with Crippen molar-refractivity contribution in [2.24, 2.45) is 11.3 Å². The van der Waals surface area contributed by atoms with Crippen molar-refractivity contribution in [3.05, 3.63) is 47.5 Å². The normalized spacial score (nSPS) is 14.8. The summed E-state index contributed by atoms with van der Waals surface area (Å²) in [5, 5.41) is 9.46. The smallest absolute Gasteiger partial charge is 0.319 e. The second-order valence-electron chi connectivity index (χ2n) is 9.55. The van der Waals surface area contributed by atoms with E-state index in [1.54, 1.807) is 12.3 Å². The van der Waals surface area contributed by atoms with Gasteiger partial charge in [-0.05, 0) is 67.3 Å². The summed E-state index contributed by atoms with van der Waals surface area (Å²) < 4.78 is 14.6. The molecule has 0 aliphatic heterocycles. The van der Waals surface area contributed by atoms with E-state index in [-0.39, 0.29) is 24.1 Å². The summed E-state index contributed by atoms with van der Waals surface area (Å²) in [5.74, 6) is 0.772. The molecule has 0 unspecified atom stereocenters. The fraction of sp³-hybridized carbons (Fsp3) is 0.400. The number of amides is 2. The number of fused-ring (bicyclic) bond motifs is 1. The zero-order chi connectivity index (χ0) is 23.0. The van der Waals surface area contributed by atoms with Crippen LogP contribution in [-0.4, -0.2) is 29.6 Å². The number of nitrogens with one attached hydrogen (secondary N) is 3. The first-order valence-corrected chi connectivity index (χ1v) is 11.0. The van der Waals surface area contributed by atoms with E-state index >= 15 is 0 Å². The largest absolute Gasteiger partial charge is 0.373 e. The third-order valence-electron chi connectivity index (χ3n) is 6.23. The molecule has 33 heavy (non-hydrogen) atoms. The summed E-state index contributed by atoms with van der Waals surface area (Å²) in [6.07, 6.45) is 3.95. The minimum Gasteiger partial charge on any atom is -0.373 e. The first-order valence-electron chi connectivity index (χ1n) is 11.0. The molecule has 2 aromatic heterocycles. The van der Waals surface area contributed by atoms with E-state index in [1.165, 1.54) is 6.07 Å². The Balaban J connectivity index is 0.00000306. The van der Waals surface area contributed by atoms with Crippen LogP contribution in [0.3, 0.4) is 0 Å². The Morgan fingerprint density at radius 2 is 1.88 bits per heavy atom. The van der Waals surface area contributed by atoms with Gasteiger partial charge in [-0.3, -0.25) is 4.98 Å². The Bertz CT molecular complexity index is 1190. The maximum atomic E-state index is 14.6. The lowest BCUT2D eigenvalue weighted by molar-refractivity contribution is 0.0978. The van der Waals surface area contributed by atoms with Crippen molar-refractivity contribution in [3.8, 4) is 11.1 Å². The predicted octanol–water partition coefficient (Wildman–Crippen LogP) is 6.07. The Labute approximate surface area is 200 Å². The Hall–Kier alpha value is -2.93. The molecule has 0 saturated heterocycles. The molecular weight excluding hydrogens is 441 g/mol.